The maximum absolute atomic E-state index is 12.1. The van der Waals surface area contributed by atoms with Crippen LogP contribution >= 0.6 is 35.6 Å². The zero-order chi connectivity index (χ0) is 15.9. The normalized spacial score (nSPS) is 16.9. The van der Waals surface area contributed by atoms with Crippen molar-refractivity contribution in [3.05, 3.63) is 51.6 Å². The minimum Gasteiger partial charge on any atom is -0.296 e. The Labute approximate surface area is 142 Å². The Hall–Kier alpha value is -1.63. The first-order valence-corrected chi connectivity index (χ1v) is 8.11. The molecule has 7 heteroatoms. The van der Waals surface area contributed by atoms with Crippen LogP contribution in [0.1, 0.15) is 11.3 Å². The van der Waals surface area contributed by atoms with Crippen LogP contribution in [0, 0.1) is 6.92 Å². The molecule has 1 aromatic carbocycles. The minimum atomic E-state index is -0.113. The molecule has 0 aliphatic carbocycles. The number of thiocarbonyl (C=S) groups is 1. The average molecular weight is 350 g/mol. The summed E-state index contributed by atoms with van der Waals surface area (Å²) in [5, 5.41) is 4.94. The van der Waals surface area contributed by atoms with Gasteiger partial charge in [0.2, 0.25) is 0 Å². The van der Waals surface area contributed by atoms with E-state index >= 15 is 0 Å². The SMILES string of the molecule is Cc1nn(-c2ccccc2)c(Cl)c1/C=C1\SC(=S)N(C)C1=O. The highest BCUT2D eigenvalue weighted by Crippen LogP contribution is 2.34. The molecule has 0 atom stereocenters. The van der Waals surface area contributed by atoms with Crippen LogP contribution in [-0.4, -0.2) is 32.0 Å². The second-order valence-corrected chi connectivity index (χ2v) is 6.81. The summed E-state index contributed by atoms with van der Waals surface area (Å²) in [4.78, 5) is 14.1. The molecule has 1 amide bonds. The maximum Gasteiger partial charge on any atom is 0.265 e. The van der Waals surface area contributed by atoms with Gasteiger partial charge in [0.25, 0.3) is 5.91 Å². The summed E-state index contributed by atoms with van der Waals surface area (Å²) in [6, 6.07) is 9.62. The van der Waals surface area contributed by atoms with Crippen molar-refractivity contribution in [1.29, 1.82) is 0 Å². The smallest absolute Gasteiger partial charge is 0.265 e. The van der Waals surface area contributed by atoms with Gasteiger partial charge in [-0.25, -0.2) is 4.68 Å². The molecular formula is C15H12ClN3OS2. The molecule has 1 aliphatic rings. The molecule has 0 bridgehead atoms. The number of thioether (sulfide) groups is 1. The van der Waals surface area contributed by atoms with Gasteiger partial charge in [-0.2, -0.15) is 5.10 Å². The van der Waals surface area contributed by atoms with E-state index in [0.717, 1.165) is 16.9 Å². The first kappa shape index (κ1) is 15.3. The largest absolute Gasteiger partial charge is 0.296 e. The molecule has 112 valence electrons. The predicted octanol–water partition coefficient (Wildman–Crippen LogP) is 3.67. The summed E-state index contributed by atoms with van der Waals surface area (Å²) < 4.78 is 2.20. The van der Waals surface area contributed by atoms with Crippen molar-refractivity contribution in [2.45, 2.75) is 6.92 Å². The van der Waals surface area contributed by atoms with E-state index in [1.54, 1.807) is 17.8 Å². The van der Waals surface area contributed by atoms with E-state index in [1.165, 1.54) is 16.7 Å². The number of benzene rings is 1. The Bertz CT molecular complexity index is 799. The molecule has 1 aromatic heterocycles. The summed E-state index contributed by atoms with van der Waals surface area (Å²) in [7, 11) is 1.67. The van der Waals surface area contributed by atoms with Crippen LogP contribution in [0.3, 0.4) is 0 Å². The van der Waals surface area contributed by atoms with Crippen molar-refractivity contribution >= 4 is 51.9 Å². The zero-order valence-electron chi connectivity index (χ0n) is 11.9. The lowest BCUT2D eigenvalue weighted by Gasteiger charge is -2.03. The number of carbonyl (C=O) groups excluding carboxylic acids is 1. The fraction of sp³-hybridized carbons (Fsp3) is 0.133. The van der Waals surface area contributed by atoms with Crippen molar-refractivity contribution in [3.63, 3.8) is 0 Å². The average Bonchev–Trinajstić information content (AvgIpc) is 2.93. The Kier molecular flexibility index (Phi) is 4.08. The number of nitrogens with zero attached hydrogens (tertiary/aromatic N) is 3. The van der Waals surface area contributed by atoms with Crippen molar-refractivity contribution in [2.24, 2.45) is 0 Å². The lowest BCUT2D eigenvalue weighted by molar-refractivity contribution is -0.121. The van der Waals surface area contributed by atoms with Crippen LogP contribution in [0.4, 0.5) is 0 Å². The van der Waals surface area contributed by atoms with E-state index < -0.39 is 0 Å². The Balaban J connectivity index is 2.05. The molecule has 1 fully saturated rings. The van der Waals surface area contributed by atoms with E-state index in [9.17, 15) is 4.79 Å². The molecule has 0 spiro atoms. The van der Waals surface area contributed by atoms with E-state index in [1.807, 2.05) is 37.3 Å². The first-order valence-electron chi connectivity index (χ1n) is 6.51. The van der Waals surface area contributed by atoms with E-state index in [2.05, 4.69) is 5.10 Å². The topological polar surface area (TPSA) is 38.1 Å². The fourth-order valence-electron chi connectivity index (χ4n) is 2.09. The van der Waals surface area contributed by atoms with Gasteiger partial charge in [0.1, 0.15) is 9.47 Å². The van der Waals surface area contributed by atoms with Crippen molar-refractivity contribution in [2.75, 3.05) is 7.05 Å². The maximum atomic E-state index is 12.1. The summed E-state index contributed by atoms with van der Waals surface area (Å²) in [5.74, 6) is -0.113. The van der Waals surface area contributed by atoms with Gasteiger partial charge in [-0.05, 0) is 25.1 Å². The quantitative estimate of drug-likeness (QED) is 0.612. The van der Waals surface area contributed by atoms with Crippen LogP contribution in [0.15, 0.2) is 35.2 Å². The van der Waals surface area contributed by atoms with E-state index in [0.29, 0.717) is 14.4 Å². The number of halogens is 1. The third-order valence-corrected chi connectivity index (χ3v) is 5.16. The number of amides is 1. The molecule has 0 radical (unpaired) electrons. The van der Waals surface area contributed by atoms with Crippen molar-refractivity contribution in [1.82, 2.24) is 14.7 Å². The number of likely N-dealkylation sites (N-methyl/N-ethyl adjacent to an activating group) is 1. The monoisotopic (exact) mass is 349 g/mol. The lowest BCUT2D eigenvalue weighted by atomic mass is 10.2. The van der Waals surface area contributed by atoms with Gasteiger partial charge >= 0.3 is 0 Å². The fourth-order valence-corrected chi connectivity index (χ4v) is 3.58. The van der Waals surface area contributed by atoms with Crippen LogP contribution in [0.25, 0.3) is 11.8 Å². The van der Waals surface area contributed by atoms with Crippen LogP contribution in [-0.2, 0) is 4.79 Å². The van der Waals surface area contributed by atoms with E-state index in [-0.39, 0.29) is 5.91 Å². The van der Waals surface area contributed by atoms with Crippen LogP contribution < -0.4 is 0 Å². The second-order valence-electron chi connectivity index (χ2n) is 4.78. The van der Waals surface area contributed by atoms with Crippen LogP contribution in [0.2, 0.25) is 5.15 Å². The summed E-state index contributed by atoms with van der Waals surface area (Å²) in [6.07, 6.45) is 1.76. The highest BCUT2D eigenvalue weighted by molar-refractivity contribution is 8.26. The molecule has 0 saturated carbocycles. The molecule has 2 heterocycles. The van der Waals surface area contributed by atoms with Gasteiger partial charge < -0.3 is 0 Å². The number of aromatic nitrogens is 2. The third-order valence-electron chi connectivity index (χ3n) is 3.31. The van der Waals surface area contributed by atoms with Crippen molar-refractivity contribution < 1.29 is 4.79 Å². The summed E-state index contributed by atoms with van der Waals surface area (Å²) in [5.41, 5.74) is 2.37. The van der Waals surface area contributed by atoms with Gasteiger partial charge in [-0.15, -0.1) is 0 Å². The number of hydrogen-bond acceptors (Lipinski definition) is 4. The number of para-hydroxylation sites is 1. The van der Waals surface area contributed by atoms with Gasteiger partial charge in [0.15, 0.2) is 0 Å². The third kappa shape index (κ3) is 2.58. The van der Waals surface area contributed by atoms with Gasteiger partial charge in [-0.1, -0.05) is 53.8 Å². The van der Waals surface area contributed by atoms with Gasteiger partial charge in [-0.3, -0.25) is 9.69 Å². The highest BCUT2D eigenvalue weighted by atomic mass is 35.5. The first-order chi connectivity index (χ1) is 10.5. The molecule has 1 aliphatic heterocycles. The number of aryl methyl sites for hydroxylation is 1. The Morgan fingerprint density at radius 3 is 2.59 bits per heavy atom. The molecule has 2 aromatic rings. The summed E-state index contributed by atoms with van der Waals surface area (Å²) in [6.45, 7) is 1.86. The molecule has 0 unspecified atom stereocenters. The van der Waals surface area contributed by atoms with Crippen molar-refractivity contribution in [3.8, 4) is 5.69 Å². The highest BCUT2D eigenvalue weighted by Gasteiger charge is 2.29. The second kappa shape index (κ2) is 5.87. The van der Waals surface area contributed by atoms with Crippen LogP contribution in [0.5, 0.6) is 0 Å². The molecular weight excluding hydrogens is 338 g/mol. The zero-order valence-corrected chi connectivity index (χ0v) is 14.3. The Morgan fingerprint density at radius 2 is 2.00 bits per heavy atom. The number of rotatable bonds is 2. The minimum absolute atomic E-state index is 0.113. The predicted molar refractivity (Wildman–Crippen MR) is 94.2 cm³/mol. The van der Waals surface area contributed by atoms with E-state index in [4.69, 9.17) is 23.8 Å². The Morgan fingerprint density at radius 1 is 1.32 bits per heavy atom. The number of carbonyl (C=O) groups is 1. The molecule has 0 N–H and O–H groups in total. The van der Waals surface area contributed by atoms with Gasteiger partial charge in [0.05, 0.1) is 16.3 Å². The lowest BCUT2D eigenvalue weighted by Crippen LogP contribution is -2.22. The molecule has 22 heavy (non-hydrogen) atoms. The molecule has 1 saturated heterocycles. The number of hydrogen-bond donors (Lipinski definition) is 0. The molecule has 3 rings (SSSR count). The standard InChI is InChI=1S/C15H12ClN3OS2/c1-9-11(8-12-14(20)18(2)15(21)22-12)13(16)19(17-9)10-6-4-3-5-7-10/h3-8H,1-2H3/b12-8-. The van der Waals surface area contributed by atoms with Gasteiger partial charge in [0, 0.05) is 12.6 Å². The summed E-state index contributed by atoms with van der Waals surface area (Å²) >= 11 is 12.9. The molecule has 4 nitrogen and oxygen atoms in total.